The summed E-state index contributed by atoms with van der Waals surface area (Å²) < 4.78 is 2.19. The van der Waals surface area contributed by atoms with Gasteiger partial charge in [0.1, 0.15) is 7.05 Å². The molecule has 0 radical (unpaired) electrons. The van der Waals surface area contributed by atoms with Gasteiger partial charge >= 0.3 is 0 Å². The average molecular weight is 240 g/mol. The highest BCUT2D eigenvalue weighted by atomic mass is 14.9. The molecule has 1 heterocycles. The fraction of sp³-hybridized carbons (Fsp3) is 0.353. The summed E-state index contributed by atoms with van der Waals surface area (Å²) in [5.41, 5.74) is 5.47. The Morgan fingerprint density at radius 1 is 1.00 bits per heavy atom. The van der Waals surface area contributed by atoms with Crippen LogP contribution < -0.4 is 4.57 Å². The lowest BCUT2D eigenvalue weighted by Gasteiger charge is -2.19. The number of pyridine rings is 1. The molecule has 0 spiro atoms. The minimum absolute atomic E-state index is 0.186. The van der Waals surface area contributed by atoms with Crippen molar-refractivity contribution in [2.75, 3.05) is 0 Å². The van der Waals surface area contributed by atoms with E-state index < -0.39 is 0 Å². The number of rotatable bonds is 1. The van der Waals surface area contributed by atoms with E-state index in [4.69, 9.17) is 0 Å². The monoisotopic (exact) mass is 240 g/mol. The summed E-state index contributed by atoms with van der Waals surface area (Å²) in [4.78, 5) is 0. The third-order valence-corrected chi connectivity index (χ3v) is 3.44. The van der Waals surface area contributed by atoms with Crippen molar-refractivity contribution in [3.63, 3.8) is 0 Å². The molecule has 1 nitrogen and oxygen atoms in total. The number of aryl methyl sites for hydroxylation is 2. The van der Waals surface area contributed by atoms with Crippen molar-refractivity contribution in [1.82, 2.24) is 0 Å². The van der Waals surface area contributed by atoms with Gasteiger partial charge in [-0.1, -0.05) is 39.0 Å². The van der Waals surface area contributed by atoms with Gasteiger partial charge in [-0.15, -0.1) is 0 Å². The highest BCUT2D eigenvalue weighted by Crippen LogP contribution is 2.26. The second-order valence-electron chi connectivity index (χ2n) is 5.98. The molecule has 18 heavy (non-hydrogen) atoms. The Kier molecular flexibility index (Phi) is 3.25. The Morgan fingerprint density at radius 2 is 1.67 bits per heavy atom. The third kappa shape index (κ3) is 2.45. The number of hydrogen-bond donors (Lipinski definition) is 0. The van der Waals surface area contributed by atoms with Gasteiger partial charge in [0, 0.05) is 17.7 Å². The summed E-state index contributed by atoms with van der Waals surface area (Å²) in [6, 6.07) is 13.1. The number of benzene rings is 1. The Balaban J connectivity index is 2.61. The van der Waals surface area contributed by atoms with E-state index in [0.717, 1.165) is 0 Å². The van der Waals surface area contributed by atoms with E-state index in [1.54, 1.807) is 0 Å². The number of nitrogens with zero attached hydrogens (tertiary/aromatic N) is 1. The van der Waals surface area contributed by atoms with Crippen molar-refractivity contribution in [2.45, 2.75) is 33.1 Å². The van der Waals surface area contributed by atoms with Gasteiger partial charge in [-0.3, -0.25) is 0 Å². The van der Waals surface area contributed by atoms with Crippen LogP contribution in [0.5, 0.6) is 0 Å². The SMILES string of the molecule is Cc1ccccc1-c1cc(C(C)(C)C)cc[n+]1C. The largest absolute Gasteiger partial charge is 0.212 e. The smallest absolute Gasteiger partial charge is 0.201 e. The van der Waals surface area contributed by atoms with E-state index in [9.17, 15) is 0 Å². The van der Waals surface area contributed by atoms with Crippen molar-refractivity contribution in [3.8, 4) is 11.3 Å². The topological polar surface area (TPSA) is 3.88 Å². The van der Waals surface area contributed by atoms with Crippen LogP contribution in [0.25, 0.3) is 11.3 Å². The van der Waals surface area contributed by atoms with Crippen LogP contribution in [0.1, 0.15) is 31.9 Å². The maximum absolute atomic E-state index is 2.31. The molecule has 0 aliphatic heterocycles. The lowest BCUT2D eigenvalue weighted by Crippen LogP contribution is -2.31. The standard InChI is InChI=1S/C17H22N/c1-13-8-6-7-9-15(13)16-12-14(17(2,3)4)10-11-18(16)5/h6-12H,1-5H3/q+1. The lowest BCUT2D eigenvalue weighted by molar-refractivity contribution is -0.660. The Labute approximate surface area is 110 Å². The minimum Gasteiger partial charge on any atom is -0.201 e. The van der Waals surface area contributed by atoms with Gasteiger partial charge in [0.25, 0.3) is 0 Å². The van der Waals surface area contributed by atoms with Crippen LogP contribution in [0, 0.1) is 6.92 Å². The van der Waals surface area contributed by atoms with Crippen molar-refractivity contribution in [1.29, 1.82) is 0 Å². The summed E-state index contributed by atoms with van der Waals surface area (Å²) in [6.45, 7) is 8.93. The van der Waals surface area contributed by atoms with E-state index in [1.807, 2.05) is 0 Å². The van der Waals surface area contributed by atoms with Crippen molar-refractivity contribution < 1.29 is 4.57 Å². The van der Waals surface area contributed by atoms with Gasteiger partial charge in [0.2, 0.25) is 5.69 Å². The zero-order valence-corrected chi connectivity index (χ0v) is 12.0. The molecule has 1 heteroatoms. The van der Waals surface area contributed by atoms with Crippen molar-refractivity contribution in [2.24, 2.45) is 7.05 Å². The Morgan fingerprint density at radius 3 is 2.28 bits per heavy atom. The van der Waals surface area contributed by atoms with E-state index >= 15 is 0 Å². The van der Waals surface area contributed by atoms with E-state index in [-0.39, 0.29) is 5.41 Å². The average Bonchev–Trinajstić information content (AvgIpc) is 2.29. The summed E-state index contributed by atoms with van der Waals surface area (Å²) in [5.74, 6) is 0. The molecule has 0 amide bonds. The Hall–Kier alpha value is -1.63. The van der Waals surface area contributed by atoms with Crippen LogP contribution in [0.3, 0.4) is 0 Å². The van der Waals surface area contributed by atoms with Crippen molar-refractivity contribution >= 4 is 0 Å². The molecule has 2 aromatic rings. The molecule has 0 bridgehead atoms. The first kappa shape index (κ1) is 12.8. The molecule has 0 unspecified atom stereocenters. The normalized spacial score (nSPS) is 11.6. The van der Waals surface area contributed by atoms with E-state index in [2.05, 4.69) is 81.9 Å². The molecule has 0 N–H and O–H groups in total. The number of aromatic nitrogens is 1. The first-order valence-corrected chi connectivity index (χ1v) is 6.46. The minimum atomic E-state index is 0.186. The van der Waals surface area contributed by atoms with Crippen LogP contribution >= 0.6 is 0 Å². The lowest BCUT2D eigenvalue weighted by atomic mass is 9.86. The quantitative estimate of drug-likeness (QED) is 0.668. The maximum atomic E-state index is 2.31. The highest BCUT2D eigenvalue weighted by Gasteiger charge is 2.19. The van der Waals surface area contributed by atoms with Gasteiger partial charge in [-0.05, 0) is 29.5 Å². The fourth-order valence-electron chi connectivity index (χ4n) is 2.16. The molecule has 0 saturated carbocycles. The van der Waals surface area contributed by atoms with E-state index in [1.165, 1.54) is 22.4 Å². The Bertz CT molecular complexity index is 562. The second-order valence-corrected chi connectivity index (χ2v) is 5.98. The van der Waals surface area contributed by atoms with Gasteiger partial charge in [0.05, 0.1) is 0 Å². The van der Waals surface area contributed by atoms with E-state index in [0.29, 0.717) is 0 Å². The molecular weight excluding hydrogens is 218 g/mol. The molecule has 1 aromatic carbocycles. The zero-order chi connectivity index (χ0) is 13.3. The second kappa shape index (κ2) is 4.56. The number of hydrogen-bond acceptors (Lipinski definition) is 0. The first-order chi connectivity index (χ1) is 8.39. The molecular formula is C17H22N+. The van der Waals surface area contributed by atoms with Crippen LogP contribution in [0.15, 0.2) is 42.6 Å². The third-order valence-electron chi connectivity index (χ3n) is 3.44. The zero-order valence-electron chi connectivity index (χ0n) is 12.0. The molecule has 0 atom stereocenters. The molecule has 0 fully saturated rings. The van der Waals surface area contributed by atoms with Crippen LogP contribution in [-0.2, 0) is 12.5 Å². The summed E-state index contributed by atoms with van der Waals surface area (Å²) in [5, 5.41) is 0. The molecule has 1 aromatic heterocycles. The summed E-state index contributed by atoms with van der Waals surface area (Å²) in [6.07, 6.45) is 2.16. The molecule has 94 valence electrons. The predicted octanol–water partition coefficient (Wildman–Crippen LogP) is 3.78. The van der Waals surface area contributed by atoms with Gasteiger partial charge in [0.15, 0.2) is 6.20 Å². The first-order valence-electron chi connectivity index (χ1n) is 6.46. The van der Waals surface area contributed by atoms with Gasteiger partial charge < -0.3 is 0 Å². The molecule has 0 aliphatic rings. The van der Waals surface area contributed by atoms with Crippen LogP contribution in [0.4, 0.5) is 0 Å². The fourth-order valence-corrected chi connectivity index (χ4v) is 2.16. The predicted molar refractivity (Wildman–Crippen MR) is 76.5 cm³/mol. The van der Waals surface area contributed by atoms with Crippen molar-refractivity contribution in [3.05, 3.63) is 53.7 Å². The van der Waals surface area contributed by atoms with Gasteiger partial charge in [-0.2, -0.15) is 0 Å². The molecule has 0 saturated heterocycles. The van der Waals surface area contributed by atoms with Gasteiger partial charge in [-0.25, -0.2) is 4.57 Å². The maximum Gasteiger partial charge on any atom is 0.212 e. The summed E-state index contributed by atoms with van der Waals surface area (Å²) >= 11 is 0. The highest BCUT2D eigenvalue weighted by molar-refractivity contribution is 5.61. The molecule has 2 rings (SSSR count). The molecule has 0 aliphatic carbocycles. The van der Waals surface area contributed by atoms with Crippen LogP contribution in [-0.4, -0.2) is 0 Å². The van der Waals surface area contributed by atoms with Crippen LogP contribution in [0.2, 0.25) is 0 Å². The summed E-state index contributed by atoms with van der Waals surface area (Å²) in [7, 11) is 2.11.